The van der Waals surface area contributed by atoms with Crippen LogP contribution < -0.4 is 10.5 Å². The first-order valence-corrected chi connectivity index (χ1v) is 6.54. The Labute approximate surface area is 103 Å². The quantitative estimate of drug-likeness (QED) is 0.874. The van der Waals surface area contributed by atoms with Crippen LogP contribution in [0.4, 0.5) is 0 Å². The van der Waals surface area contributed by atoms with Gasteiger partial charge in [-0.15, -0.1) is 0 Å². The fourth-order valence-corrected chi connectivity index (χ4v) is 2.35. The third kappa shape index (κ3) is 3.19. The molecule has 17 heavy (non-hydrogen) atoms. The van der Waals surface area contributed by atoms with Gasteiger partial charge in [0.2, 0.25) is 5.88 Å². The van der Waals surface area contributed by atoms with E-state index in [1.807, 2.05) is 19.1 Å². The lowest BCUT2D eigenvalue weighted by Gasteiger charge is -2.27. The molecule has 0 saturated heterocycles. The summed E-state index contributed by atoms with van der Waals surface area (Å²) in [5, 5.41) is 0. The fourth-order valence-electron chi connectivity index (χ4n) is 2.35. The molecule has 2 rings (SSSR count). The number of hydrogen-bond donors (Lipinski definition) is 1. The van der Waals surface area contributed by atoms with Gasteiger partial charge in [-0.1, -0.05) is 13.0 Å². The minimum atomic E-state index is -0.0267. The summed E-state index contributed by atoms with van der Waals surface area (Å²) in [6.07, 6.45) is 6.87. The van der Waals surface area contributed by atoms with E-state index in [0.29, 0.717) is 6.10 Å². The monoisotopic (exact) mass is 234 g/mol. The molecule has 0 amide bonds. The summed E-state index contributed by atoms with van der Waals surface area (Å²) < 4.78 is 6.00. The van der Waals surface area contributed by atoms with Crippen LogP contribution in [0, 0.1) is 5.92 Å². The van der Waals surface area contributed by atoms with Gasteiger partial charge in [0, 0.05) is 17.8 Å². The molecule has 0 aromatic carbocycles. The second-order valence-electron chi connectivity index (χ2n) is 5.19. The van der Waals surface area contributed by atoms with Crippen LogP contribution >= 0.6 is 0 Å². The van der Waals surface area contributed by atoms with Gasteiger partial charge in [0.25, 0.3) is 0 Å². The highest BCUT2D eigenvalue weighted by molar-refractivity contribution is 5.28. The van der Waals surface area contributed by atoms with Gasteiger partial charge in [-0.2, -0.15) is 0 Å². The van der Waals surface area contributed by atoms with Gasteiger partial charge in [0.05, 0.1) is 0 Å². The molecule has 0 radical (unpaired) electrons. The van der Waals surface area contributed by atoms with Crippen molar-refractivity contribution in [2.75, 3.05) is 0 Å². The van der Waals surface area contributed by atoms with Crippen molar-refractivity contribution in [3.8, 4) is 5.88 Å². The van der Waals surface area contributed by atoms with E-state index in [9.17, 15) is 0 Å². The summed E-state index contributed by atoms with van der Waals surface area (Å²) >= 11 is 0. The molecule has 0 aliphatic heterocycles. The minimum absolute atomic E-state index is 0.0267. The smallest absolute Gasteiger partial charge is 0.218 e. The van der Waals surface area contributed by atoms with Crippen LogP contribution in [-0.2, 0) is 0 Å². The van der Waals surface area contributed by atoms with E-state index in [1.54, 1.807) is 6.20 Å². The summed E-state index contributed by atoms with van der Waals surface area (Å²) in [7, 11) is 0. The highest BCUT2D eigenvalue weighted by Crippen LogP contribution is 2.29. The van der Waals surface area contributed by atoms with E-state index >= 15 is 0 Å². The molecule has 1 unspecified atom stereocenters. The van der Waals surface area contributed by atoms with E-state index in [2.05, 4.69) is 11.9 Å². The summed E-state index contributed by atoms with van der Waals surface area (Å²) in [4.78, 5) is 4.31. The van der Waals surface area contributed by atoms with Crippen molar-refractivity contribution in [3.63, 3.8) is 0 Å². The third-order valence-corrected chi connectivity index (χ3v) is 3.53. The number of rotatable bonds is 3. The van der Waals surface area contributed by atoms with Crippen LogP contribution in [0.5, 0.6) is 5.88 Å². The van der Waals surface area contributed by atoms with E-state index in [0.717, 1.165) is 30.2 Å². The topological polar surface area (TPSA) is 48.1 Å². The molecule has 1 heterocycles. The Morgan fingerprint density at radius 3 is 2.71 bits per heavy atom. The predicted octanol–water partition coefficient (Wildman–Crippen LogP) is 3.06. The average Bonchev–Trinajstić information content (AvgIpc) is 2.32. The van der Waals surface area contributed by atoms with Gasteiger partial charge in [0.15, 0.2) is 0 Å². The highest BCUT2D eigenvalue weighted by atomic mass is 16.5. The SMILES string of the molecule is CC1CCC(Oc2ncccc2C(C)N)CC1. The molecular formula is C14H22N2O. The van der Waals surface area contributed by atoms with Gasteiger partial charge in [-0.3, -0.25) is 0 Å². The maximum atomic E-state index is 6.00. The van der Waals surface area contributed by atoms with Crippen molar-refractivity contribution >= 4 is 0 Å². The highest BCUT2D eigenvalue weighted by Gasteiger charge is 2.21. The Morgan fingerprint density at radius 2 is 2.06 bits per heavy atom. The maximum Gasteiger partial charge on any atom is 0.218 e. The molecule has 0 bridgehead atoms. The molecule has 1 aliphatic rings. The van der Waals surface area contributed by atoms with Crippen molar-refractivity contribution in [1.29, 1.82) is 0 Å². The molecule has 1 aromatic heterocycles. The average molecular weight is 234 g/mol. The lowest BCUT2D eigenvalue weighted by molar-refractivity contribution is 0.128. The zero-order valence-electron chi connectivity index (χ0n) is 10.7. The van der Waals surface area contributed by atoms with E-state index in [-0.39, 0.29) is 6.04 Å². The Morgan fingerprint density at radius 1 is 1.35 bits per heavy atom. The first-order valence-electron chi connectivity index (χ1n) is 6.54. The van der Waals surface area contributed by atoms with Crippen molar-refractivity contribution < 1.29 is 4.74 Å². The van der Waals surface area contributed by atoms with Crippen LogP contribution in [-0.4, -0.2) is 11.1 Å². The largest absolute Gasteiger partial charge is 0.474 e. The standard InChI is InChI=1S/C14H22N2O/c1-10-5-7-12(8-6-10)17-14-13(11(2)15)4-3-9-16-14/h3-4,9-12H,5-8,15H2,1-2H3. The van der Waals surface area contributed by atoms with Crippen molar-refractivity contribution in [3.05, 3.63) is 23.9 Å². The number of nitrogens with two attached hydrogens (primary N) is 1. The number of nitrogens with zero attached hydrogens (tertiary/aromatic N) is 1. The molecule has 1 saturated carbocycles. The minimum Gasteiger partial charge on any atom is -0.474 e. The second kappa shape index (κ2) is 5.50. The molecule has 1 aliphatic carbocycles. The van der Waals surface area contributed by atoms with E-state index < -0.39 is 0 Å². The predicted molar refractivity (Wildman–Crippen MR) is 68.9 cm³/mol. The Bertz CT molecular complexity index is 357. The van der Waals surface area contributed by atoms with Gasteiger partial charge in [-0.05, 0) is 44.6 Å². The van der Waals surface area contributed by atoms with Gasteiger partial charge >= 0.3 is 0 Å². The second-order valence-corrected chi connectivity index (χ2v) is 5.19. The molecule has 3 nitrogen and oxygen atoms in total. The molecule has 0 spiro atoms. The van der Waals surface area contributed by atoms with Gasteiger partial charge < -0.3 is 10.5 Å². The van der Waals surface area contributed by atoms with Crippen molar-refractivity contribution in [1.82, 2.24) is 4.98 Å². The van der Waals surface area contributed by atoms with Crippen LogP contribution in [0.1, 0.15) is 51.1 Å². The van der Waals surface area contributed by atoms with Crippen LogP contribution in [0.2, 0.25) is 0 Å². The number of aromatic nitrogens is 1. The summed E-state index contributed by atoms with van der Waals surface area (Å²) in [5.74, 6) is 1.56. The van der Waals surface area contributed by atoms with Crippen molar-refractivity contribution in [2.24, 2.45) is 11.7 Å². The Hall–Kier alpha value is -1.09. The summed E-state index contributed by atoms with van der Waals surface area (Å²) in [6, 6.07) is 3.88. The first kappa shape index (κ1) is 12.4. The summed E-state index contributed by atoms with van der Waals surface area (Å²) in [6.45, 7) is 4.27. The first-order chi connectivity index (χ1) is 8.16. The third-order valence-electron chi connectivity index (χ3n) is 3.53. The van der Waals surface area contributed by atoms with Crippen LogP contribution in [0.3, 0.4) is 0 Å². The summed E-state index contributed by atoms with van der Waals surface area (Å²) in [5.41, 5.74) is 6.93. The van der Waals surface area contributed by atoms with Crippen LogP contribution in [0.15, 0.2) is 18.3 Å². The molecule has 94 valence electrons. The number of ether oxygens (including phenoxy) is 1. The van der Waals surface area contributed by atoms with Crippen LogP contribution in [0.25, 0.3) is 0 Å². The molecule has 1 aromatic rings. The maximum absolute atomic E-state index is 6.00. The molecule has 3 heteroatoms. The van der Waals surface area contributed by atoms with E-state index in [4.69, 9.17) is 10.5 Å². The lowest BCUT2D eigenvalue weighted by atomic mass is 9.89. The van der Waals surface area contributed by atoms with Crippen molar-refractivity contribution in [2.45, 2.75) is 51.7 Å². The van der Waals surface area contributed by atoms with Gasteiger partial charge in [0.1, 0.15) is 6.10 Å². The lowest BCUT2D eigenvalue weighted by Crippen LogP contribution is -2.24. The Balaban J connectivity index is 2.03. The van der Waals surface area contributed by atoms with E-state index in [1.165, 1.54) is 12.8 Å². The Kier molecular flexibility index (Phi) is 4.00. The molecule has 1 fully saturated rings. The molecular weight excluding hydrogens is 212 g/mol. The molecule has 1 atom stereocenters. The fraction of sp³-hybridized carbons (Fsp3) is 0.643. The molecule has 2 N–H and O–H groups in total. The van der Waals surface area contributed by atoms with Gasteiger partial charge in [-0.25, -0.2) is 4.98 Å². The zero-order chi connectivity index (χ0) is 12.3. The zero-order valence-corrected chi connectivity index (χ0v) is 10.7. The normalized spacial score (nSPS) is 26.5. The number of pyridine rings is 1. The number of hydrogen-bond acceptors (Lipinski definition) is 3.